The second kappa shape index (κ2) is 6.62. The van der Waals surface area contributed by atoms with Gasteiger partial charge in [0.2, 0.25) is 0 Å². The van der Waals surface area contributed by atoms with Crippen LogP contribution in [0.15, 0.2) is 18.3 Å². The summed E-state index contributed by atoms with van der Waals surface area (Å²) in [5.41, 5.74) is 0.632. The van der Waals surface area contributed by atoms with E-state index in [1.165, 1.54) is 0 Å². The van der Waals surface area contributed by atoms with E-state index in [0.29, 0.717) is 11.7 Å². The van der Waals surface area contributed by atoms with Gasteiger partial charge in [-0.05, 0) is 38.8 Å². The number of halogens is 1. The van der Waals surface area contributed by atoms with Crippen LogP contribution < -0.4 is 5.32 Å². The Kier molecular flexibility index (Phi) is 5.06. The number of ether oxygens (including phenoxy) is 1. The minimum absolute atomic E-state index is 0.236. The molecule has 2 heterocycles. The van der Waals surface area contributed by atoms with Crippen molar-refractivity contribution in [3.63, 3.8) is 0 Å². The third-order valence-corrected chi connectivity index (χ3v) is 3.45. The van der Waals surface area contributed by atoms with Crippen molar-refractivity contribution in [2.75, 3.05) is 13.1 Å². The van der Waals surface area contributed by atoms with E-state index in [1.54, 1.807) is 17.2 Å². The molecule has 1 saturated heterocycles. The summed E-state index contributed by atoms with van der Waals surface area (Å²) in [5.74, 6) is 0. The second-order valence-electron chi connectivity index (χ2n) is 6.28. The van der Waals surface area contributed by atoms with Gasteiger partial charge in [0.05, 0.1) is 0 Å². The summed E-state index contributed by atoms with van der Waals surface area (Å²) in [6, 6.07) is 4.01. The molecule has 1 atom stereocenters. The highest BCUT2D eigenvalue weighted by molar-refractivity contribution is 6.29. The van der Waals surface area contributed by atoms with Crippen molar-refractivity contribution in [1.29, 1.82) is 0 Å². The Morgan fingerprint density at radius 2 is 2.29 bits per heavy atom. The van der Waals surface area contributed by atoms with Gasteiger partial charge in [-0.25, -0.2) is 9.78 Å². The number of carbonyl (C=O) groups excluding carboxylic acids is 1. The highest BCUT2D eigenvalue weighted by Gasteiger charge is 2.29. The fourth-order valence-corrected chi connectivity index (χ4v) is 2.30. The Morgan fingerprint density at radius 3 is 2.90 bits per heavy atom. The molecule has 0 radical (unpaired) electrons. The van der Waals surface area contributed by atoms with Gasteiger partial charge in [-0.3, -0.25) is 0 Å². The molecule has 0 aromatic carbocycles. The van der Waals surface area contributed by atoms with Crippen molar-refractivity contribution < 1.29 is 9.53 Å². The zero-order valence-corrected chi connectivity index (χ0v) is 13.5. The summed E-state index contributed by atoms with van der Waals surface area (Å²) in [6.45, 7) is 7.76. The topological polar surface area (TPSA) is 54.5 Å². The Labute approximate surface area is 130 Å². The van der Waals surface area contributed by atoms with Crippen LogP contribution in [-0.2, 0) is 11.3 Å². The van der Waals surface area contributed by atoms with E-state index in [0.717, 1.165) is 25.1 Å². The number of nitrogens with one attached hydrogen (secondary N) is 1. The zero-order valence-electron chi connectivity index (χ0n) is 12.7. The van der Waals surface area contributed by atoms with Crippen LogP contribution in [0.4, 0.5) is 4.79 Å². The molecule has 1 aromatic heterocycles. The number of rotatable bonds is 3. The monoisotopic (exact) mass is 311 g/mol. The molecule has 5 nitrogen and oxygen atoms in total. The van der Waals surface area contributed by atoms with Crippen LogP contribution in [0.2, 0.25) is 5.15 Å². The average Bonchev–Trinajstić information content (AvgIpc) is 2.85. The van der Waals surface area contributed by atoms with Crippen LogP contribution in [0.3, 0.4) is 0 Å². The van der Waals surface area contributed by atoms with Crippen LogP contribution in [0.5, 0.6) is 0 Å². The van der Waals surface area contributed by atoms with Crippen LogP contribution in [-0.4, -0.2) is 40.7 Å². The van der Waals surface area contributed by atoms with Crippen LogP contribution in [0.25, 0.3) is 0 Å². The summed E-state index contributed by atoms with van der Waals surface area (Å²) < 4.78 is 5.38. The van der Waals surface area contributed by atoms with Gasteiger partial charge in [0, 0.05) is 31.9 Å². The van der Waals surface area contributed by atoms with E-state index in [2.05, 4.69) is 10.3 Å². The van der Waals surface area contributed by atoms with E-state index >= 15 is 0 Å². The van der Waals surface area contributed by atoms with Crippen LogP contribution in [0, 0.1) is 0 Å². The van der Waals surface area contributed by atoms with Gasteiger partial charge in [-0.15, -0.1) is 0 Å². The molecule has 1 aromatic rings. The molecule has 2 rings (SSSR count). The molecular formula is C15H22ClN3O2. The van der Waals surface area contributed by atoms with Crippen molar-refractivity contribution >= 4 is 17.7 Å². The number of likely N-dealkylation sites (tertiary alicyclic amines) is 1. The normalized spacial score (nSPS) is 18.9. The third kappa shape index (κ3) is 5.17. The maximum atomic E-state index is 12.0. The molecule has 1 unspecified atom stereocenters. The predicted octanol–water partition coefficient (Wildman–Crippen LogP) is 2.83. The van der Waals surface area contributed by atoms with Gasteiger partial charge >= 0.3 is 6.09 Å². The van der Waals surface area contributed by atoms with E-state index in [9.17, 15) is 4.79 Å². The molecule has 0 aliphatic carbocycles. The Morgan fingerprint density at radius 1 is 1.52 bits per heavy atom. The Balaban J connectivity index is 1.77. The summed E-state index contributed by atoms with van der Waals surface area (Å²) >= 11 is 5.76. The van der Waals surface area contributed by atoms with Crippen molar-refractivity contribution in [2.45, 2.75) is 45.4 Å². The summed E-state index contributed by atoms with van der Waals surface area (Å²) in [7, 11) is 0. The number of hydrogen-bond acceptors (Lipinski definition) is 4. The van der Waals surface area contributed by atoms with Crippen molar-refractivity contribution in [1.82, 2.24) is 15.2 Å². The number of carbonyl (C=O) groups is 1. The lowest BCUT2D eigenvalue weighted by Gasteiger charge is -2.24. The molecule has 1 N–H and O–H groups in total. The lowest BCUT2D eigenvalue weighted by atomic mass is 10.2. The molecular weight excluding hydrogens is 290 g/mol. The first-order chi connectivity index (χ1) is 9.83. The molecule has 0 spiro atoms. The fraction of sp³-hybridized carbons (Fsp3) is 0.600. The summed E-state index contributed by atoms with van der Waals surface area (Å²) in [5, 5.41) is 3.93. The van der Waals surface area contributed by atoms with Crippen LogP contribution in [0.1, 0.15) is 32.8 Å². The van der Waals surface area contributed by atoms with Gasteiger partial charge in [0.1, 0.15) is 10.8 Å². The fourth-order valence-electron chi connectivity index (χ4n) is 2.19. The third-order valence-electron chi connectivity index (χ3n) is 3.22. The SMILES string of the molecule is CC(C)(C)OC(=O)N1CCC(NCc2ccc(Cl)nc2)C1. The highest BCUT2D eigenvalue weighted by Crippen LogP contribution is 2.15. The van der Waals surface area contributed by atoms with Gasteiger partial charge < -0.3 is 15.0 Å². The number of amides is 1. The van der Waals surface area contributed by atoms with E-state index in [-0.39, 0.29) is 12.1 Å². The lowest BCUT2D eigenvalue weighted by molar-refractivity contribution is 0.0291. The van der Waals surface area contributed by atoms with Crippen molar-refractivity contribution in [3.8, 4) is 0 Å². The standard InChI is InChI=1S/C15H22ClN3O2/c1-15(2,3)21-14(20)19-7-6-12(10-19)17-8-11-4-5-13(16)18-9-11/h4-5,9,12,17H,6-8,10H2,1-3H3. The van der Waals surface area contributed by atoms with Gasteiger partial charge in [-0.2, -0.15) is 0 Å². The predicted molar refractivity (Wildman–Crippen MR) is 82.3 cm³/mol. The molecule has 1 fully saturated rings. The molecule has 21 heavy (non-hydrogen) atoms. The van der Waals surface area contributed by atoms with Gasteiger partial charge in [-0.1, -0.05) is 17.7 Å². The molecule has 116 valence electrons. The Hall–Kier alpha value is -1.33. The maximum absolute atomic E-state index is 12.0. The minimum atomic E-state index is -0.447. The zero-order chi connectivity index (χ0) is 15.5. The first kappa shape index (κ1) is 16.0. The quantitative estimate of drug-likeness (QED) is 0.872. The second-order valence-corrected chi connectivity index (χ2v) is 6.67. The van der Waals surface area contributed by atoms with Crippen molar-refractivity contribution in [3.05, 3.63) is 29.0 Å². The van der Waals surface area contributed by atoms with E-state index in [1.807, 2.05) is 26.8 Å². The van der Waals surface area contributed by atoms with Gasteiger partial charge in [0.25, 0.3) is 0 Å². The van der Waals surface area contributed by atoms with E-state index < -0.39 is 5.60 Å². The van der Waals surface area contributed by atoms with Gasteiger partial charge in [0.15, 0.2) is 0 Å². The van der Waals surface area contributed by atoms with Crippen LogP contribution >= 0.6 is 11.6 Å². The first-order valence-electron chi connectivity index (χ1n) is 7.15. The largest absolute Gasteiger partial charge is 0.444 e. The molecule has 0 saturated carbocycles. The molecule has 1 aliphatic rings. The highest BCUT2D eigenvalue weighted by atomic mass is 35.5. The number of pyridine rings is 1. The number of hydrogen-bond donors (Lipinski definition) is 1. The summed E-state index contributed by atoms with van der Waals surface area (Å²) in [4.78, 5) is 17.8. The van der Waals surface area contributed by atoms with E-state index in [4.69, 9.17) is 16.3 Å². The number of nitrogens with zero attached hydrogens (tertiary/aromatic N) is 2. The molecule has 6 heteroatoms. The Bertz CT molecular complexity index is 485. The minimum Gasteiger partial charge on any atom is -0.444 e. The molecule has 0 bridgehead atoms. The maximum Gasteiger partial charge on any atom is 0.410 e. The average molecular weight is 312 g/mol. The summed E-state index contributed by atoms with van der Waals surface area (Å²) in [6.07, 6.45) is 2.45. The first-order valence-corrected chi connectivity index (χ1v) is 7.53. The molecule has 1 amide bonds. The number of aromatic nitrogens is 1. The van der Waals surface area contributed by atoms with Crippen molar-refractivity contribution in [2.24, 2.45) is 0 Å². The lowest BCUT2D eigenvalue weighted by Crippen LogP contribution is -2.38. The smallest absolute Gasteiger partial charge is 0.410 e. The molecule has 1 aliphatic heterocycles.